The highest BCUT2D eigenvalue weighted by Gasteiger charge is 2.23. The monoisotopic (exact) mass is 389 g/mol. The molecule has 148 valence electrons. The van der Waals surface area contributed by atoms with E-state index in [4.69, 9.17) is 10.5 Å². The Labute approximate surface area is 169 Å². The van der Waals surface area contributed by atoms with Crippen LogP contribution in [0.25, 0.3) is 0 Å². The summed E-state index contributed by atoms with van der Waals surface area (Å²) < 4.78 is 5.34. The number of carbonyl (C=O) groups excluding carboxylic acids is 1. The van der Waals surface area contributed by atoms with E-state index in [2.05, 4.69) is 26.3 Å². The largest absolute Gasteiger partial charge is 0.497 e. The Balaban J connectivity index is 1.56. The van der Waals surface area contributed by atoms with Gasteiger partial charge in [-0.2, -0.15) is 0 Å². The first-order valence-electron chi connectivity index (χ1n) is 9.50. The van der Waals surface area contributed by atoms with Crippen molar-refractivity contribution in [1.29, 1.82) is 0 Å². The van der Waals surface area contributed by atoms with Crippen molar-refractivity contribution in [3.05, 3.63) is 77.6 Å². The van der Waals surface area contributed by atoms with Crippen LogP contribution in [0.2, 0.25) is 0 Å². The highest BCUT2D eigenvalue weighted by atomic mass is 16.5. The molecule has 0 saturated carbocycles. The van der Waals surface area contributed by atoms with Gasteiger partial charge in [-0.05, 0) is 42.0 Å². The van der Waals surface area contributed by atoms with Crippen LogP contribution in [0.5, 0.6) is 5.75 Å². The molecule has 0 bridgehead atoms. The standard InChI is InChI=1S/C22H23N5O2/c1-29-16-6-2-5-15(13-16)19-14-27(12-11-24-19)20-9-3-8-18(26-20)21(28)17-7-4-10-25-22(17)23/h2-10,13,19,24H,11-12,14H2,1H3,(H2,23,25). The molecule has 1 atom stereocenters. The molecule has 1 saturated heterocycles. The molecule has 0 aliphatic carbocycles. The lowest BCUT2D eigenvalue weighted by molar-refractivity contribution is 0.103. The predicted octanol–water partition coefficient (Wildman–Crippen LogP) is 2.45. The molecule has 29 heavy (non-hydrogen) atoms. The minimum atomic E-state index is -0.225. The predicted molar refractivity (Wildman–Crippen MR) is 112 cm³/mol. The number of nitrogens with zero attached hydrogens (tertiary/aromatic N) is 3. The summed E-state index contributed by atoms with van der Waals surface area (Å²) in [5.41, 5.74) is 7.74. The minimum Gasteiger partial charge on any atom is -0.497 e. The van der Waals surface area contributed by atoms with Crippen molar-refractivity contribution in [2.75, 3.05) is 37.4 Å². The number of anilines is 2. The molecule has 3 heterocycles. The van der Waals surface area contributed by atoms with Crippen LogP contribution in [0, 0.1) is 0 Å². The Hall–Kier alpha value is -3.45. The number of ketones is 1. The highest BCUT2D eigenvalue weighted by Crippen LogP contribution is 2.24. The van der Waals surface area contributed by atoms with E-state index in [0.717, 1.165) is 36.8 Å². The summed E-state index contributed by atoms with van der Waals surface area (Å²) in [6.45, 7) is 2.37. The van der Waals surface area contributed by atoms with E-state index in [9.17, 15) is 4.79 Å². The zero-order chi connectivity index (χ0) is 20.2. The number of nitrogens with two attached hydrogens (primary N) is 1. The topological polar surface area (TPSA) is 93.4 Å². The van der Waals surface area contributed by atoms with Crippen molar-refractivity contribution < 1.29 is 9.53 Å². The van der Waals surface area contributed by atoms with Gasteiger partial charge >= 0.3 is 0 Å². The summed E-state index contributed by atoms with van der Waals surface area (Å²) in [5.74, 6) is 1.59. The van der Waals surface area contributed by atoms with Crippen LogP contribution in [0.3, 0.4) is 0 Å². The summed E-state index contributed by atoms with van der Waals surface area (Å²) in [7, 11) is 1.67. The van der Waals surface area contributed by atoms with Crippen LogP contribution < -0.4 is 20.7 Å². The number of carbonyl (C=O) groups is 1. The summed E-state index contributed by atoms with van der Waals surface area (Å²) >= 11 is 0. The number of hydrogen-bond donors (Lipinski definition) is 2. The fourth-order valence-corrected chi connectivity index (χ4v) is 3.51. The van der Waals surface area contributed by atoms with Crippen LogP contribution in [-0.4, -0.2) is 42.5 Å². The van der Waals surface area contributed by atoms with Crippen molar-refractivity contribution in [2.24, 2.45) is 0 Å². The number of ether oxygens (including phenoxy) is 1. The van der Waals surface area contributed by atoms with Crippen molar-refractivity contribution in [3.8, 4) is 5.75 Å². The van der Waals surface area contributed by atoms with E-state index in [1.807, 2.05) is 30.3 Å². The van der Waals surface area contributed by atoms with E-state index in [-0.39, 0.29) is 17.6 Å². The van der Waals surface area contributed by atoms with E-state index in [0.29, 0.717) is 11.3 Å². The third-order valence-electron chi connectivity index (χ3n) is 5.05. The fourth-order valence-electron chi connectivity index (χ4n) is 3.51. The number of nitrogen functional groups attached to an aromatic ring is 1. The maximum Gasteiger partial charge on any atom is 0.215 e. The number of rotatable bonds is 5. The number of nitrogens with one attached hydrogen (secondary N) is 1. The number of pyridine rings is 2. The van der Waals surface area contributed by atoms with E-state index >= 15 is 0 Å². The Morgan fingerprint density at radius 2 is 2.07 bits per heavy atom. The average Bonchev–Trinajstić information content (AvgIpc) is 2.79. The molecular formula is C22H23N5O2. The zero-order valence-corrected chi connectivity index (χ0v) is 16.2. The van der Waals surface area contributed by atoms with Gasteiger partial charge < -0.3 is 20.7 Å². The van der Waals surface area contributed by atoms with Gasteiger partial charge in [0, 0.05) is 25.8 Å². The molecule has 1 aromatic carbocycles. The third kappa shape index (κ3) is 4.05. The van der Waals surface area contributed by atoms with Crippen LogP contribution >= 0.6 is 0 Å². The van der Waals surface area contributed by atoms with Crippen LogP contribution in [0.15, 0.2) is 60.8 Å². The number of benzene rings is 1. The first kappa shape index (κ1) is 18.9. The lowest BCUT2D eigenvalue weighted by Crippen LogP contribution is -2.46. The van der Waals surface area contributed by atoms with Gasteiger partial charge in [-0.15, -0.1) is 0 Å². The molecule has 4 rings (SSSR count). The Kier molecular flexibility index (Phi) is 5.39. The zero-order valence-electron chi connectivity index (χ0n) is 16.2. The minimum absolute atomic E-state index is 0.147. The third-order valence-corrected chi connectivity index (χ3v) is 5.05. The van der Waals surface area contributed by atoms with Crippen molar-refractivity contribution >= 4 is 17.4 Å². The molecule has 0 amide bonds. The number of hydrogen-bond acceptors (Lipinski definition) is 7. The maximum atomic E-state index is 12.8. The molecule has 0 radical (unpaired) electrons. The summed E-state index contributed by atoms with van der Waals surface area (Å²) in [6.07, 6.45) is 1.56. The summed E-state index contributed by atoms with van der Waals surface area (Å²) in [5, 5.41) is 3.54. The molecule has 1 unspecified atom stereocenters. The quantitative estimate of drug-likeness (QED) is 0.648. The van der Waals surface area contributed by atoms with Gasteiger partial charge in [-0.1, -0.05) is 18.2 Å². The van der Waals surface area contributed by atoms with Crippen LogP contribution in [0.1, 0.15) is 27.7 Å². The lowest BCUT2D eigenvalue weighted by Gasteiger charge is -2.35. The first-order chi connectivity index (χ1) is 14.2. The van der Waals surface area contributed by atoms with Gasteiger partial charge in [0.15, 0.2) is 0 Å². The Bertz CT molecular complexity index is 1020. The molecule has 7 heteroatoms. The van der Waals surface area contributed by atoms with Gasteiger partial charge in [0.2, 0.25) is 5.78 Å². The van der Waals surface area contributed by atoms with Crippen LogP contribution in [0.4, 0.5) is 11.6 Å². The average molecular weight is 389 g/mol. The highest BCUT2D eigenvalue weighted by molar-refractivity contribution is 6.10. The number of piperazine rings is 1. The molecule has 1 aliphatic heterocycles. The van der Waals surface area contributed by atoms with Crippen molar-refractivity contribution in [3.63, 3.8) is 0 Å². The van der Waals surface area contributed by atoms with Gasteiger partial charge in [-0.3, -0.25) is 4.79 Å². The van der Waals surface area contributed by atoms with E-state index in [1.165, 1.54) is 0 Å². The second kappa shape index (κ2) is 8.28. The van der Waals surface area contributed by atoms with Crippen molar-refractivity contribution in [1.82, 2.24) is 15.3 Å². The number of aromatic nitrogens is 2. The first-order valence-corrected chi connectivity index (χ1v) is 9.50. The van der Waals surface area contributed by atoms with Gasteiger partial charge in [0.25, 0.3) is 0 Å². The van der Waals surface area contributed by atoms with Crippen LogP contribution in [-0.2, 0) is 0 Å². The molecule has 2 aromatic heterocycles. The van der Waals surface area contributed by atoms with E-state index in [1.54, 1.807) is 31.5 Å². The smallest absolute Gasteiger partial charge is 0.215 e. The Morgan fingerprint density at radius 1 is 1.21 bits per heavy atom. The fraction of sp³-hybridized carbons (Fsp3) is 0.227. The lowest BCUT2D eigenvalue weighted by atomic mass is 10.0. The van der Waals surface area contributed by atoms with Crippen molar-refractivity contribution in [2.45, 2.75) is 6.04 Å². The molecule has 1 aliphatic rings. The van der Waals surface area contributed by atoms with Gasteiger partial charge in [0.1, 0.15) is 23.1 Å². The molecule has 1 fully saturated rings. The second-order valence-corrected chi connectivity index (χ2v) is 6.88. The van der Waals surface area contributed by atoms with E-state index < -0.39 is 0 Å². The summed E-state index contributed by atoms with van der Waals surface area (Å²) in [6, 6.07) is 17.1. The maximum absolute atomic E-state index is 12.8. The van der Waals surface area contributed by atoms with Gasteiger partial charge in [-0.25, -0.2) is 9.97 Å². The molecule has 3 N–H and O–H groups in total. The van der Waals surface area contributed by atoms with Gasteiger partial charge in [0.05, 0.1) is 18.7 Å². The molecule has 3 aromatic rings. The second-order valence-electron chi connectivity index (χ2n) is 6.88. The molecule has 0 spiro atoms. The Morgan fingerprint density at radius 3 is 2.90 bits per heavy atom. The molecule has 7 nitrogen and oxygen atoms in total. The number of methoxy groups -OCH3 is 1. The normalized spacial score (nSPS) is 16.4. The molecular weight excluding hydrogens is 366 g/mol. The SMILES string of the molecule is COc1cccc(C2CN(c3cccc(C(=O)c4cccnc4N)n3)CCN2)c1. The summed E-state index contributed by atoms with van der Waals surface area (Å²) in [4.78, 5) is 23.6.